The van der Waals surface area contributed by atoms with Crippen molar-refractivity contribution in [3.8, 4) is 34.1 Å². The standard InChI is InChI=1S/C26H14F6N2O5/c27-25(28,29)15-3-1-2-14(10-15)24-33-20(34-39-24)12-37-17-8-9-19-18(11-17)22(36)21(23(38-19)26(30,31)32)13-4-6-16(35)7-5-13/h1-11,35H,12H2. The van der Waals surface area contributed by atoms with E-state index < -0.39 is 34.7 Å². The summed E-state index contributed by atoms with van der Waals surface area (Å²) in [4.78, 5) is 17.2. The van der Waals surface area contributed by atoms with E-state index in [0.717, 1.165) is 42.5 Å². The van der Waals surface area contributed by atoms with Crippen LogP contribution in [0.25, 0.3) is 33.6 Å². The van der Waals surface area contributed by atoms with Crippen LogP contribution in [0, 0.1) is 0 Å². The number of hydrogen-bond donors (Lipinski definition) is 1. The van der Waals surface area contributed by atoms with Crippen molar-refractivity contribution in [2.45, 2.75) is 19.0 Å². The first-order valence-corrected chi connectivity index (χ1v) is 11.0. The quantitative estimate of drug-likeness (QED) is 0.240. The largest absolute Gasteiger partial charge is 0.508 e. The fourth-order valence-electron chi connectivity index (χ4n) is 3.76. The molecule has 0 saturated heterocycles. The SMILES string of the molecule is O=c1c(-c2ccc(O)cc2)c(C(F)(F)F)oc2ccc(OCc3noc(-c4cccc(C(F)(F)F)c4)n3)cc12. The summed E-state index contributed by atoms with van der Waals surface area (Å²) >= 11 is 0. The van der Waals surface area contributed by atoms with Gasteiger partial charge in [0.25, 0.3) is 5.89 Å². The Morgan fingerprint density at radius 2 is 1.62 bits per heavy atom. The Hall–Kier alpha value is -4.81. The number of aromatic hydroxyl groups is 1. The van der Waals surface area contributed by atoms with Gasteiger partial charge in [0.1, 0.15) is 17.1 Å². The Bertz CT molecular complexity index is 1720. The summed E-state index contributed by atoms with van der Waals surface area (Å²) in [5.41, 5.74) is -3.03. The van der Waals surface area contributed by atoms with E-state index in [0.29, 0.717) is 0 Å². The summed E-state index contributed by atoms with van der Waals surface area (Å²) < 4.78 is 95.7. The molecule has 39 heavy (non-hydrogen) atoms. The first-order valence-electron chi connectivity index (χ1n) is 11.0. The summed E-state index contributed by atoms with van der Waals surface area (Å²) in [5.74, 6) is -1.86. The molecule has 0 amide bonds. The third-order valence-electron chi connectivity index (χ3n) is 5.55. The van der Waals surface area contributed by atoms with Gasteiger partial charge >= 0.3 is 12.4 Å². The number of aromatic nitrogens is 2. The Kier molecular flexibility index (Phi) is 6.29. The number of phenols is 1. The Balaban J connectivity index is 1.44. The van der Waals surface area contributed by atoms with Crippen molar-refractivity contribution >= 4 is 11.0 Å². The van der Waals surface area contributed by atoms with Crippen LogP contribution in [-0.4, -0.2) is 15.2 Å². The van der Waals surface area contributed by atoms with E-state index in [2.05, 4.69) is 10.1 Å². The minimum Gasteiger partial charge on any atom is -0.508 e. The molecule has 13 heteroatoms. The summed E-state index contributed by atoms with van der Waals surface area (Å²) in [6.45, 7) is -0.329. The molecule has 0 atom stereocenters. The van der Waals surface area contributed by atoms with Gasteiger partial charge in [0.15, 0.2) is 6.61 Å². The second-order valence-electron chi connectivity index (χ2n) is 8.22. The maximum Gasteiger partial charge on any atom is 0.450 e. The molecule has 1 N–H and O–H groups in total. The molecule has 7 nitrogen and oxygen atoms in total. The number of hydrogen-bond acceptors (Lipinski definition) is 7. The number of rotatable bonds is 5. The lowest BCUT2D eigenvalue weighted by Crippen LogP contribution is -2.16. The molecule has 5 aromatic rings. The third kappa shape index (κ3) is 5.28. The predicted molar refractivity (Wildman–Crippen MR) is 124 cm³/mol. The van der Waals surface area contributed by atoms with E-state index in [1.165, 1.54) is 24.3 Å². The third-order valence-corrected chi connectivity index (χ3v) is 5.55. The summed E-state index contributed by atoms with van der Waals surface area (Å²) in [6.07, 6.45) is -9.54. The Labute approximate surface area is 213 Å². The van der Waals surface area contributed by atoms with Crippen molar-refractivity contribution in [1.29, 1.82) is 0 Å². The number of alkyl halides is 6. The van der Waals surface area contributed by atoms with Crippen LogP contribution >= 0.6 is 0 Å². The number of ether oxygens (including phenoxy) is 1. The van der Waals surface area contributed by atoms with Gasteiger partial charge in [0.05, 0.1) is 16.5 Å². The number of halogens is 6. The molecule has 0 fully saturated rings. The molecule has 200 valence electrons. The second kappa shape index (κ2) is 9.49. The molecular weight excluding hydrogens is 534 g/mol. The van der Waals surface area contributed by atoms with Crippen molar-refractivity contribution in [3.63, 3.8) is 0 Å². The highest BCUT2D eigenvalue weighted by atomic mass is 19.4. The van der Waals surface area contributed by atoms with E-state index in [1.807, 2.05) is 0 Å². The van der Waals surface area contributed by atoms with Crippen LogP contribution in [0.4, 0.5) is 26.3 Å². The minimum atomic E-state index is -4.98. The van der Waals surface area contributed by atoms with Gasteiger partial charge in [-0.25, -0.2) is 0 Å². The Morgan fingerprint density at radius 1 is 0.872 bits per heavy atom. The van der Waals surface area contributed by atoms with Gasteiger partial charge in [-0.1, -0.05) is 23.4 Å². The van der Waals surface area contributed by atoms with Gasteiger partial charge in [-0.15, -0.1) is 0 Å². The van der Waals surface area contributed by atoms with Crippen molar-refractivity contribution in [1.82, 2.24) is 10.1 Å². The topological polar surface area (TPSA) is 98.6 Å². The lowest BCUT2D eigenvalue weighted by Gasteiger charge is -2.13. The van der Waals surface area contributed by atoms with E-state index in [1.54, 1.807) is 0 Å². The molecule has 5 rings (SSSR count). The highest BCUT2D eigenvalue weighted by molar-refractivity contribution is 5.84. The van der Waals surface area contributed by atoms with Gasteiger partial charge in [-0.05, 0) is 54.1 Å². The molecule has 0 aliphatic rings. The summed E-state index contributed by atoms with van der Waals surface area (Å²) in [5, 5.41) is 12.9. The zero-order valence-electron chi connectivity index (χ0n) is 19.3. The van der Waals surface area contributed by atoms with Crippen molar-refractivity contribution in [3.05, 3.63) is 94.1 Å². The molecule has 0 bridgehead atoms. The second-order valence-corrected chi connectivity index (χ2v) is 8.22. The van der Waals surface area contributed by atoms with E-state index in [9.17, 15) is 36.2 Å². The monoisotopic (exact) mass is 548 g/mol. The van der Waals surface area contributed by atoms with Gasteiger partial charge in [-0.3, -0.25) is 4.79 Å². The van der Waals surface area contributed by atoms with Crippen molar-refractivity contribution in [2.24, 2.45) is 0 Å². The maximum absolute atomic E-state index is 13.7. The molecule has 3 aromatic carbocycles. The van der Waals surface area contributed by atoms with Crippen LogP contribution in [-0.2, 0) is 19.0 Å². The number of nitrogens with zero attached hydrogens (tertiary/aromatic N) is 2. The molecule has 0 aliphatic heterocycles. The fourth-order valence-corrected chi connectivity index (χ4v) is 3.76. The van der Waals surface area contributed by atoms with Crippen LogP contribution in [0.15, 0.2) is 80.5 Å². The average Bonchev–Trinajstić information content (AvgIpc) is 3.36. The van der Waals surface area contributed by atoms with Crippen molar-refractivity contribution < 1.29 is 45.1 Å². The molecule has 0 aliphatic carbocycles. The van der Waals surface area contributed by atoms with Crippen LogP contribution < -0.4 is 10.2 Å². The first kappa shape index (κ1) is 25.8. The maximum atomic E-state index is 13.7. The van der Waals surface area contributed by atoms with Crippen LogP contribution in [0.3, 0.4) is 0 Å². The molecular formula is C26H14F6N2O5. The van der Waals surface area contributed by atoms with E-state index in [4.69, 9.17) is 13.7 Å². The van der Waals surface area contributed by atoms with Gasteiger partial charge in [0, 0.05) is 5.56 Å². The molecule has 0 unspecified atom stereocenters. The molecule has 0 saturated carbocycles. The molecule has 0 radical (unpaired) electrons. The van der Waals surface area contributed by atoms with Crippen LogP contribution in [0.2, 0.25) is 0 Å². The van der Waals surface area contributed by atoms with E-state index >= 15 is 0 Å². The first-order chi connectivity index (χ1) is 18.4. The molecule has 0 spiro atoms. The molecule has 2 heterocycles. The predicted octanol–water partition coefficient (Wildman–Crippen LogP) is 6.83. The minimum absolute atomic E-state index is 0.0354. The zero-order chi connectivity index (χ0) is 27.9. The number of phenolic OH excluding ortho intramolecular Hbond substituents is 1. The summed E-state index contributed by atoms with van der Waals surface area (Å²) in [6, 6.07) is 12.4. The lowest BCUT2D eigenvalue weighted by atomic mass is 10.0. The van der Waals surface area contributed by atoms with Crippen molar-refractivity contribution in [2.75, 3.05) is 0 Å². The number of benzene rings is 3. The van der Waals surface area contributed by atoms with Crippen LogP contribution in [0.1, 0.15) is 17.1 Å². The van der Waals surface area contributed by atoms with Gasteiger partial charge < -0.3 is 18.8 Å². The highest BCUT2D eigenvalue weighted by Gasteiger charge is 2.39. The zero-order valence-corrected chi connectivity index (χ0v) is 19.3. The van der Waals surface area contributed by atoms with Gasteiger partial charge in [0.2, 0.25) is 17.0 Å². The average molecular weight is 548 g/mol. The van der Waals surface area contributed by atoms with Crippen LogP contribution in [0.5, 0.6) is 11.5 Å². The fraction of sp³-hybridized carbons (Fsp3) is 0.115. The number of fused-ring (bicyclic) bond motifs is 1. The summed E-state index contributed by atoms with van der Waals surface area (Å²) in [7, 11) is 0. The lowest BCUT2D eigenvalue weighted by molar-refractivity contribution is -0.152. The Morgan fingerprint density at radius 3 is 2.31 bits per heavy atom. The normalized spacial score (nSPS) is 12.2. The van der Waals surface area contributed by atoms with Gasteiger partial charge in [-0.2, -0.15) is 31.3 Å². The van der Waals surface area contributed by atoms with E-state index in [-0.39, 0.29) is 51.9 Å². The molecule has 2 aromatic heterocycles. The smallest absolute Gasteiger partial charge is 0.450 e. The highest BCUT2D eigenvalue weighted by Crippen LogP contribution is 2.38.